The second-order valence-electron chi connectivity index (χ2n) is 4.81. The first-order valence-corrected chi connectivity index (χ1v) is 7.14. The SMILES string of the molecule is Cn1ccc(CNCC2Cc3cc(Br)ccc3O2)n1. The van der Waals surface area contributed by atoms with Gasteiger partial charge in [-0.1, -0.05) is 15.9 Å². The predicted molar refractivity (Wildman–Crippen MR) is 77.2 cm³/mol. The second kappa shape index (κ2) is 5.35. The van der Waals surface area contributed by atoms with Crippen molar-refractivity contribution in [1.82, 2.24) is 15.1 Å². The molecule has 1 aromatic carbocycles. The molecule has 0 saturated carbocycles. The van der Waals surface area contributed by atoms with Crippen molar-refractivity contribution < 1.29 is 4.74 Å². The lowest BCUT2D eigenvalue weighted by Crippen LogP contribution is -2.29. The van der Waals surface area contributed by atoms with Gasteiger partial charge in [-0.3, -0.25) is 4.68 Å². The van der Waals surface area contributed by atoms with Crippen molar-refractivity contribution in [3.63, 3.8) is 0 Å². The normalized spacial score (nSPS) is 17.3. The lowest BCUT2D eigenvalue weighted by Gasteiger charge is -2.10. The van der Waals surface area contributed by atoms with Crippen LogP contribution in [0.15, 0.2) is 34.9 Å². The molecule has 1 atom stereocenters. The van der Waals surface area contributed by atoms with Gasteiger partial charge in [0, 0.05) is 37.2 Å². The van der Waals surface area contributed by atoms with E-state index in [1.54, 1.807) is 0 Å². The number of halogens is 1. The Bertz CT molecular complexity index is 582. The van der Waals surface area contributed by atoms with E-state index in [4.69, 9.17) is 4.74 Å². The summed E-state index contributed by atoms with van der Waals surface area (Å²) < 4.78 is 8.82. The third kappa shape index (κ3) is 2.98. The number of aryl methyl sites for hydroxylation is 1. The number of aromatic nitrogens is 2. The van der Waals surface area contributed by atoms with Crippen molar-refractivity contribution in [2.75, 3.05) is 6.54 Å². The molecule has 0 bridgehead atoms. The maximum absolute atomic E-state index is 5.90. The number of ether oxygens (including phenoxy) is 1. The van der Waals surface area contributed by atoms with E-state index >= 15 is 0 Å². The van der Waals surface area contributed by atoms with Crippen LogP contribution in [-0.4, -0.2) is 22.4 Å². The molecule has 0 aliphatic carbocycles. The first-order chi connectivity index (χ1) is 9.20. The highest BCUT2D eigenvalue weighted by atomic mass is 79.9. The number of rotatable bonds is 4. The van der Waals surface area contributed by atoms with Gasteiger partial charge < -0.3 is 10.1 Å². The van der Waals surface area contributed by atoms with Crippen molar-refractivity contribution in [2.24, 2.45) is 7.05 Å². The van der Waals surface area contributed by atoms with Crippen LogP contribution in [0, 0.1) is 0 Å². The summed E-state index contributed by atoms with van der Waals surface area (Å²) in [7, 11) is 1.93. The fourth-order valence-electron chi connectivity index (χ4n) is 2.32. The largest absolute Gasteiger partial charge is 0.488 e. The summed E-state index contributed by atoms with van der Waals surface area (Å²) in [5, 5.41) is 7.73. The van der Waals surface area contributed by atoms with Crippen molar-refractivity contribution in [3.8, 4) is 5.75 Å². The molecule has 0 saturated heterocycles. The molecule has 2 heterocycles. The second-order valence-corrected chi connectivity index (χ2v) is 5.72. The van der Waals surface area contributed by atoms with Gasteiger partial charge in [0.15, 0.2) is 0 Å². The van der Waals surface area contributed by atoms with Gasteiger partial charge in [0.05, 0.1) is 5.69 Å². The van der Waals surface area contributed by atoms with E-state index in [1.165, 1.54) is 5.56 Å². The highest BCUT2D eigenvalue weighted by Gasteiger charge is 2.22. The van der Waals surface area contributed by atoms with Crippen molar-refractivity contribution >= 4 is 15.9 Å². The summed E-state index contributed by atoms with van der Waals surface area (Å²) >= 11 is 3.49. The third-order valence-electron chi connectivity index (χ3n) is 3.21. The maximum Gasteiger partial charge on any atom is 0.123 e. The molecule has 1 aliphatic heterocycles. The summed E-state index contributed by atoms with van der Waals surface area (Å²) in [6, 6.07) is 8.20. The van der Waals surface area contributed by atoms with E-state index in [2.05, 4.69) is 32.4 Å². The zero-order valence-corrected chi connectivity index (χ0v) is 12.4. The molecule has 2 aromatic rings. The van der Waals surface area contributed by atoms with Crippen LogP contribution < -0.4 is 10.1 Å². The van der Waals surface area contributed by atoms with Crippen molar-refractivity contribution in [3.05, 3.63) is 46.2 Å². The van der Waals surface area contributed by atoms with E-state index in [1.807, 2.05) is 36.1 Å². The number of nitrogens with zero attached hydrogens (tertiary/aromatic N) is 2. The van der Waals surface area contributed by atoms with Crippen LogP contribution in [0.1, 0.15) is 11.3 Å². The van der Waals surface area contributed by atoms with Crippen LogP contribution in [0.2, 0.25) is 0 Å². The Hall–Kier alpha value is -1.33. The standard InChI is InChI=1S/C14H16BrN3O/c1-18-5-4-12(17-18)8-16-9-13-7-10-6-11(15)2-3-14(10)19-13/h2-6,13,16H,7-9H2,1H3. The molecule has 1 N–H and O–H groups in total. The van der Waals surface area contributed by atoms with Gasteiger partial charge >= 0.3 is 0 Å². The van der Waals surface area contributed by atoms with E-state index in [9.17, 15) is 0 Å². The van der Waals surface area contributed by atoms with Gasteiger partial charge in [-0.15, -0.1) is 0 Å². The van der Waals surface area contributed by atoms with E-state index < -0.39 is 0 Å². The van der Waals surface area contributed by atoms with Crippen LogP contribution in [0.5, 0.6) is 5.75 Å². The summed E-state index contributed by atoms with van der Waals surface area (Å²) in [6.07, 6.45) is 3.13. The lowest BCUT2D eigenvalue weighted by atomic mass is 10.1. The third-order valence-corrected chi connectivity index (χ3v) is 3.70. The molecule has 1 aromatic heterocycles. The minimum atomic E-state index is 0.216. The minimum absolute atomic E-state index is 0.216. The minimum Gasteiger partial charge on any atom is -0.488 e. The van der Waals surface area contributed by atoms with Crippen molar-refractivity contribution in [2.45, 2.75) is 19.1 Å². The Morgan fingerprint density at radius 3 is 3.16 bits per heavy atom. The molecule has 5 heteroatoms. The Balaban J connectivity index is 1.51. The van der Waals surface area contributed by atoms with Crippen molar-refractivity contribution in [1.29, 1.82) is 0 Å². The van der Waals surface area contributed by atoms with Crippen LogP contribution in [0.25, 0.3) is 0 Å². The monoisotopic (exact) mass is 321 g/mol. The molecule has 0 radical (unpaired) electrons. The van der Waals surface area contributed by atoms with Gasteiger partial charge in [0.25, 0.3) is 0 Å². The average molecular weight is 322 g/mol. The molecule has 4 nitrogen and oxygen atoms in total. The summed E-state index contributed by atoms with van der Waals surface area (Å²) in [4.78, 5) is 0. The Kier molecular flexibility index (Phi) is 3.57. The van der Waals surface area contributed by atoms with Gasteiger partial charge in [-0.05, 0) is 29.8 Å². The smallest absolute Gasteiger partial charge is 0.123 e. The van der Waals surface area contributed by atoms with E-state index in [0.29, 0.717) is 0 Å². The number of hydrogen-bond donors (Lipinski definition) is 1. The summed E-state index contributed by atoms with van der Waals surface area (Å²) in [5.41, 5.74) is 2.33. The zero-order valence-electron chi connectivity index (χ0n) is 10.8. The fourth-order valence-corrected chi connectivity index (χ4v) is 2.73. The van der Waals surface area contributed by atoms with E-state index in [-0.39, 0.29) is 6.10 Å². The quantitative estimate of drug-likeness (QED) is 0.939. The zero-order chi connectivity index (χ0) is 13.2. The Labute approximate surface area is 120 Å². The molecular weight excluding hydrogens is 306 g/mol. The topological polar surface area (TPSA) is 39.1 Å². The molecule has 19 heavy (non-hydrogen) atoms. The molecule has 1 unspecified atom stereocenters. The summed E-state index contributed by atoms with van der Waals surface area (Å²) in [6.45, 7) is 1.61. The van der Waals surface area contributed by atoms with Crippen LogP contribution >= 0.6 is 15.9 Å². The maximum atomic E-state index is 5.90. The first kappa shape index (κ1) is 12.7. The number of nitrogens with one attached hydrogen (secondary N) is 1. The molecule has 1 aliphatic rings. The molecule has 0 amide bonds. The highest BCUT2D eigenvalue weighted by Crippen LogP contribution is 2.30. The highest BCUT2D eigenvalue weighted by molar-refractivity contribution is 9.10. The van der Waals surface area contributed by atoms with Crippen LogP contribution in [0.4, 0.5) is 0 Å². The van der Waals surface area contributed by atoms with Gasteiger partial charge in [-0.2, -0.15) is 5.10 Å². The van der Waals surface area contributed by atoms with Gasteiger partial charge in [0.2, 0.25) is 0 Å². The molecule has 0 spiro atoms. The number of fused-ring (bicyclic) bond motifs is 1. The Morgan fingerprint density at radius 2 is 2.37 bits per heavy atom. The lowest BCUT2D eigenvalue weighted by molar-refractivity contribution is 0.227. The summed E-state index contributed by atoms with van der Waals surface area (Å²) in [5.74, 6) is 1.01. The molecule has 3 rings (SSSR count). The number of hydrogen-bond acceptors (Lipinski definition) is 3. The Morgan fingerprint density at radius 1 is 1.47 bits per heavy atom. The average Bonchev–Trinajstić information content (AvgIpc) is 2.95. The van der Waals surface area contributed by atoms with Gasteiger partial charge in [0.1, 0.15) is 11.9 Å². The van der Waals surface area contributed by atoms with Gasteiger partial charge in [-0.25, -0.2) is 0 Å². The van der Waals surface area contributed by atoms with Crippen LogP contribution in [0.3, 0.4) is 0 Å². The fraction of sp³-hybridized carbons (Fsp3) is 0.357. The van der Waals surface area contributed by atoms with Crippen LogP contribution in [-0.2, 0) is 20.0 Å². The molecular formula is C14H16BrN3O. The molecule has 0 fully saturated rings. The number of benzene rings is 1. The first-order valence-electron chi connectivity index (χ1n) is 6.35. The van der Waals surface area contributed by atoms with E-state index in [0.717, 1.165) is 35.4 Å². The predicted octanol–water partition coefficient (Wildman–Crippen LogP) is 2.28. The molecule has 100 valence electrons.